The van der Waals surface area contributed by atoms with Crippen molar-refractivity contribution in [2.75, 3.05) is 6.54 Å². The number of hydrogen-bond acceptors (Lipinski definition) is 1. The minimum absolute atomic E-state index is 0.191. The van der Waals surface area contributed by atoms with Gasteiger partial charge in [0.15, 0.2) is 0 Å². The molecule has 0 bridgehead atoms. The third-order valence-corrected chi connectivity index (χ3v) is 3.93. The molecule has 0 spiro atoms. The van der Waals surface area contributed by atoms with E-state index in [4.69, 9.17) is 17.3 Å². The van der Waals surface area contributed by atoms with Crippen LogP contribution in [0, 0.1) is 17.2 Å². The van der Waals surface area contributed by atoms with Crippen molar-refractivity contribution in [2.24, 2.45) is 17.1 Å². The highest BCUT2D eigenvalue weighted by molar-refractivity contribution is 6.31. The number of rotatable bonds is 2. The molecule has 1 saturated carbocycles. The Morgan fingerprint density at radius 2 is 2.13 bits per heavy atom. The maximum absolute atomic E-state index is 12.9. The fourth-order valence-electron chi connectivity index (χ4n) is 2.56. The Bertz CT molecular complexity index is 389. The Balaban J connectivity index is 2.33. The molecular formula is C12H15ClFN. The Morgan fingerprint density at radius 1 is 1.47 bits per heavy atom. The fraction of sp³-hybridized carbons (Fsp3) is 0.500. The van der Waals surface area contributed by atoms with Crippen LogP contribution in [-0.4, -0.2) is 6.54 Å². The molecular weight excluding hydrogens is 213 g/mol. The Kier molecular flexibility index (Phi) is 2.52. The Hall–Kier alpha value is -0.600. The maximum atomic E-state index is 12.9. The van der Waals surface area contributed by atoms with Crippen molar-refractivity contribution in [3.05, 3.63) is 34.6 Å². The topological polar surface area (TPSA) is 26.0 Å². The van der Waals surface area contributed by atoms with E-state index in [0.29, 0.717) is 23.4 Å². The molecule has 15 heavy (non-hydrogen) atoms. The van der Waals surface area contributed by atoms with Crippen molar-refractivity contribution in [1.82, 2.24) is 0 Å². The summed E-state index contributed by atoms with van der Waals surface area (Å²) >= 11 is 6.03. The summed E-state index contributed by atoms with van der Waals surface area (Å²) in [6, 6.07) is 4.61. The molecule has 1 aliphatic carbocycles. The monoisotopic (exact) mass is 227 g/mol. The molecule has 2 unspecified atom stereocenters. The first-order valence-electron chi connectivity index (χ1n) is 5.13. The second kappa shape index (κ2) is 3.46. The molecule has 3 heteroatoms. The van der Waals surface area contributed by atoms with E-state index in [-0.39, 0.29) is 11.2 Å². The van der Waals surface area contributed by atoms with Crippen LogP contribution in [0.15, 0.2) is 18.2 Å². The third-order valence-electron chi connectivity index (χ3n) is 3.60. The lowest BCUT2D eigenvalue weighted by molar-refractivity contribution is 0.558. The first-order valence-corrected chi connectivity index (χ1v) is 5.51. The third kappa shape index (κ3) is 1.66. The van der Waals surface area contributed by atoms with E-state index in [0.717, 1.165) is 5.56 Å². The van der Waals surface area contributed by atoms with E-state index >= 15 is 0 Å². The summed E-state index contributed by atoms with van der Waals surface area (Å²) in [5.41, 5.74) is 6.92. The summed E-state index contributed by atoms with van der Waals surface area (Å²) in [6.07, 6.45) is 0. The number of halogens is 2. The van der Waals surface area contributed by atoms with Crippen molar-refractivity contribution in [1.29, 1.82) is 0 Å². The molecule has 0 aliphatic heterocycles. The van der Waals surface area contributed by atoms with Crippen LogP contribution in [0.25, 0.3) is 0 Å². The molecule has 2 rings (SSSR count). The molecule has 1 aromatic carbocycles. The second-order valence-corrected chi connectivity index (χ2v) is 5.21. The lowest BCUT2D eigenvalue weighted by atomic mass is 10.0. The van der Waals surface area contributed by atoms with Gasteiger partial charge in [0, 0.05) is 5.02 Å². The van der Waals surface area contributed by atoms with Gasteiger partial charge >= 0.3 is 0 Å². The standard InChI is InChI=1S/C12H15ClFN/c1-12(2)9(6-15)11(12)8-4-3-7(14)5-10(8)13/h3-5,9,11H,6,15H2,1-2H3. The van der Waals surface area contributed by atoms with E-state index in [2.05, 4.69) is 13.8 Å². The summed E-state index contributed by atoms with van der Waals surface area (Å²) in [5, 5.41) is 0.518. The van der Waals surface area contributed by atoms with Gasteiger partial charge in [-0.1, -0.05) is 31.5 Å². The molecule has 0 saturated heterocycles. The van der Waals surface area contributed by atoms with E-state index < -0.39 is 0 Å². The first kappa shape index (κ1) is 10.9. The molecule has 0 amide bonds. The van der Waals surface area contributed by atoms with Crippen LogP contribution in [0.5, 0.6) is 0 Å². The molecule has 1 aromatic rings. The van der Waals surface area contributed by atoms with Crippen molar-refractivity contribution >= 4 is 11.6 Å². The smallest absolute Gasteiger partial charge is 0.124 e. The van der Waals surface area contributed by atoms with E-state index in [1.54, 1.807) is 6.07 Å². The van der Waals surface area contributed by atoms with Crippen molar-refractivity contribution in [3.8, 4) is 0 Å². The van der Waals surface area contributed by atoms with Gasteiger partial charge < -0.3 is 5.73 Å². The molecule has 0 heterocycles. The van der Waals surface area contributed by atoms with Gasteiger partial charge in [-0.15, -0.1) is 0 Å². The normalized spacial score (nSPS) is 27.8. The van der Waals surface area contributed by atoms with E-state index in [9.17, 15) is 4.39 Å². The van der Waals surface area contributed by atoms with Gasteiger partial charge in [0.25, 0.3) is 0 Å². The van der Waals surface area contributed by atoms with Gasteiger partial charge in [0.2, 0.25) is 0 Å². The molecule has 2 N–H and O–H groups in total. The first-order chi connectivity index (χ1) is 6.98. The van der Waals surface area contributed by atoms with Crippen LogP contribution in [0.4, 0.5) is 4.39 Å². The molecule has 1 aliphatic rings. The summed E-state index contributed by atoms with van der Waals surface area (Å²) < 4.78 is 12.9. The average Bonchev–Trinajstić information content (AvgIpc) is 2.68. The van der Waals surface area contributed by atoms with E-state index in [1.807, 2.05) is 0 Å². The van der Waals surface area contributed by atoms with E-state index in [1.165, 1.54) is 12.1 Å². The van der Waals surface area contributed by atoms with Crippen LogP contribution in [0.3, 0.4) is 0 Å². The number of hydrogen-bond donors (Lipinski definition) is 1. The minimum Gasteiger partial charge on any atom is -0.330 e. The lowest BCUT2D eigenvalue weighted by Crippen LogP contribution is -2.05. The lowest BCUT2D eigenvalue weighted by Gasteiger charge is -2.05. The zero-order valence-electron chi connectivity index (χ0n) is 8.93. The highest BCUT2D eigenvalue weighted by Crippen LogP contribution is 2.64. The van der Waals surface area contributed by atoms with Crippen molar-refractivity contribution < 1.29 is 4.39 Å². The quantitative estimate of drug-likeness (QED) is 0.825. The summed E-state index contributed by atoms with van der Waals surface area (Å²) in [5.74, 6) is 0.544. The van der Waals surface area contributed by atoms with Crippen LogP contribution in [0.2, 0.25) is 5.02 Å². The second-order valence-electron chi connectivity index (χ2n) is 4.81. The van der Waals surface area contributed by atoms with Gasteiger partial charge in [0.1, 0.15) is 5.82 Å². The van der Waals surface area contributed by atoms with Gasteiger partial charge in [-0.3, -0.25) is 0 Å². The van der Waals surface area contributed by atoms with Gasteiger partial charge in [-0.2, -0.15) is 0 Å². The zero-order chi connectivity index (χ0) is 11.2. The molecule has 82 valence electrons. The van der Waals surface area contributed by atoms with Crippen LogP contribution in [0.1, 0.15) is 25.3 Å². The summed E-state index contributed by atoms with van der Waals surface area (Å²) in [6.45, 7) is 5.01. The molecule has 1 nitrogen and oxygen atoms in total. The van der Waals surface area contributed by atoms with Gasteiger partial charge in [0.05, 0.1) is 0 Å². The summed E-state index contributed by atoms with van der Waals surface area (Å²) in [4.78, 5) is 0. The maximum Gasteiger partial charge on any atom is 0.124 e. The molecule has 1 fully saturated rings. The molecule has 0 aromatic heterocycles. The minimum atomic E-state index is -0.286. The zero-order valence-corrected chi connectivity index (χ0v) is 9.68. The average molecular weight is 228 g/mol. The molecule has 2 atom stereocenters. The predicted octanol–water partition coefficient (Wildman–Crippen LogP) is 3.18. The fourth-order valence-corrected chi connectivity index (χ4v) is 2.84. The van der Waals surface area contributed by atoms with Crippen molar-refractivity contribution in [3.63, 3.8) is 0 Å². The van der Waals surface area contributed by atoms with Crippen LogP contribution < -0.4 is 5.73 Å². The number of nitrogens with two attached hydrogens (primary N) is 1. The highest BCUT2D eigenvalue weighted by atomic mass is 35.5. The highest BCUT2D eigenvalue weighted by Gasteiger charge is 2.57. The molecule has 0 radical (unpaired) electrons. The SMILES string of the molecule is CC1(C)C(CN)C1c1ccc(F)cc1Cl. The number of benzene rings is 1. The summed E-state index contributed by atoms with van der Waals surface area (Å²) in [7, 11) is 0. The van der Waals surface area contributed by atoms with Crippen LogP contribution >= 0.6 is 11.6 Å². The Morgan fingerprint density at radius 3 is 2.60 bits per heavy atom. The largest absolute Gasteiger partial charge is 0.330 e. The van der Waals surface area contributed by atoms with Gasteiger partial charge in [-0.25, -0.2) is 4.39 Å². The van der Waals surface area contributed by atoms with Crippen molar-refractivity contribution in [2.45, 2.75) is 19.8 Å². The van der Waals surface area contributed by atoms with Gasteiger partial charge in [-0.05, 0) is 41.5 Å². The van der Waals surface area contributed by atoms with Crippen LogP contribution in [-0.2, 0) is 0 Å². The Labute approximate surface area is 94.4 Å². The predicted molar refractivity (Wildman–Crippen MR) is 60.5 cm³/mol.